The van der Waals surface area contributed by atoms with E-state index in [1.165, 1.54) is 23.9 Å². The van der Waals surface area contributed by atoms with Gasteiger partial charge in [-0.25, -0.2) is 0 Å². The Morgan fingerprint density at radius 2 is 2.00 bits per heavy atom. The Morgan fingerprint density at radius 3 is 2.67 bits per heavy atom. The highest BCUT2D eigenvalue weighted by Gasteiger charge is 2.53. The number of carbonyl (C=O) groups excluding carboxylic acids is 1. The maximum absolute atomic E-state index is 13.6. The molecule has 1 aliphatic heterocycles. The summed E-state index contributed by atoms with van der Waals surface area (Å²) in [6, 6.07) is 9.62. The van der Waals surface area contributed by atoms with Crippen molar-refractivity contribution in [2.45, 2.75) is 18.0 Å². The molecule has 144 valence electrons. The lowest BCUT2D eigenvalue weighted by atomic mass is 10.00. The molecule has 0 spiro atoms. The smallest absolute Gasteiger partial charge is 0.412 e. The van der Waals surface area contributed by atoms with E-state index in [9.17, 15) is 18.0 Å². The molecular formula is C18H18F3N3O2S. The molecule has 1 aromatic heterocycles. The van der Waals surface area contributed by atoms with Gasteiger partial charge in [-0.05, 0) is 24.3 Å². The number of amides is 1. The van der Waals surface area contributed by atoms with Gasteiger partial charge in [0.15, 0.2) is 6.04 Å². The fraction of sp³-hybridized carbons (Fsp3) is 0.333. The van der Waals surface area contributed by atoms with Crippen LogP contribution < -0.4 is 10.3 Å². The number of para-hydroxylation sites is 1. The lowest BCUT2D eigenvalue weighted by molar-refractivity contribution is -0.159. The summed E-state index contributed by atoms with van der Waals surface area (Å²) in [5, 5.41) is 7.27. The van der Waals surface area contributed by atoms with Crippen LogP contribution in [-0.2, 0) is 10.5 Å². The van der Waals surface area contributed by atoms with Crippen molar-refractivity contribution in [1.82, 2.24) is 5.32 Å². The van der Waals surface area contributed by atoms with E-state index in [2.05, 4.69) is 10.4 Å². The van der Waals surface area contributed by atoms with E-state index < -0.39 is 24.0 Å². The number of nitrogens with zero attached hydrogens (tertiary/aromatic N) is 2. The van der Waals surface area contributed by atoms with Crippen molar-refractivity contribution in [3.05, 3.63) is 54.5 Å². The first-order valence-corrected chi connectivity index (χ1v) is 9.45. The largest absolute Gasteiger partial charge is 0.468 e. The SMILES string of the molecule is O=C(NCCSCc1ccco1)C1C=NN(c2ccccc2)C1C(F)(F)F. The third-order valence-corrected chi connectivity index (χ3v) is 4.97. The highest BCUT2D eigenvalue weighted by Crippen LogP contribution is 2.36. The lowest BCUT2D eigenvalue weighted by Crippen LogP contribution is -2.50. The molecule has 27 heavy (non-hydrogen) atoms. The van der Waals surface area contributed by atoms with Crippen LogP contribution in [0.2, 0.25) is 0 Å². The molecule has 0 radical (unpaired) electrons. The van der Waals surface area contributed by atoms with Gasteiger partial charge in [0, 0.05) is 18.5 Å². The third-order valence-electron chi connectivity index (χ3n) is 3.98. The van der Waals surface area contributed by atoms with E-state index in [-0.39, 0.29) is 6.54 Å². The maximum atomic E-state index is 13.6. The van der Waals surface area contributed by atoms with E-state index in [0.29, 0.717) is 17.2 Å². The van der Waals surface area contributed by atoms with Gasteiger partial charge in [0.2, 0.25) is 5.91 Å². The second-order valence-electron chi connectivity index (χ2n) is 5.88. The number of nitrogens with one attached hydrogen (secondary N) is 1. The van der Waals surface area contributed by atoms with Gasteiger partial charge in [0.25, 0.3) is 0 Å². The first-order chi connectivity index (χ1) is 13.0. The molecule has 1 amide bonds. The molecule has 5 nitrogen and oxygen atoms in total. The summed E-state index contributed by atoms with van der Waals surface area (Å²) >= 11 is 1.52. The lowest BCUT2D eigenvalue weighted by Gasteiger charge is -2.29. The van der Waals surface area contributed by atoms with Crippen LogP contribution in [0.3, 0.4) is 0 Å². The van der Waals surface area contributed by atoms with E-state index >= 15 is 0 Å². The second kappa shape index (κ2) is 8.51. The van der Waals surface area contributed by atoms with Gasteiger partial charge in [0.1, 0.15) is 11.7 Å². The summed E-state index contributed by atoms with van der Waals surface area (Å²) in [6.45, 7) is 0.268. The number of hydrogen-bond donors (Lipinski definition) is 1. The molecule has 0 saturated heterocycles. The Kier molecular flexibility index (Phi) is 6.10. The van der Waals surface area contributed by atoms with Crippen LogP contribution in [0.1, 0.15) is 5.76 Å². The zero-order valence-corrected chi connectivity index (χ0v) is 15.0. The predicted octanol–water partition coefficient (Wildman–Crippen LogP) is 3.68. The number of furan rings is 1. The van der Waals surface area contributed by atoms with Gasteiger partial charge in [-0.2, -0.15) is 30.0 Å². The molecule has 1 aromatic carbocycles. The van der Waals surface area contributed by atoms with Crippen LogP contribution >= 0.6 is 11.8 Å². The summed E-state index contributed by atoms with van der Waals surface area (Å²) in [5.74, 6) is -0.0564. The number of halogens is 3. The van der Waals surface area contributed by atoms with Gasteiger partial charge < -0.3 is 9.73 Å². The molecule has 2 atom stereocenters. The van der Waals surface area contributed by atoms with E-state index in [0.717, 1.165) is 17.0 Å². The summed E-state index contributed by atoms with van der Waals surface area (Å²) < 4.78 is 46.0. The molecule has 2 heterocycles. The van der Waals surface area contributed by atoms with Crippen LogP contribution in [0.5, 0.6) is 0 Å². The number of anilines is 1. The van der Waals surface area contributed by atoms with Crippen molar-refractivity contribution < 1.29 is 22.4 Å². The fourth-order valence-corrected chi connectivity index (χ4v) is 3.50. The average molecular weight is 397 g/mol. The van der Waals surface area contributed by atoms with Gasteiger partial charge >= 0.3 is 6.18 Å². The van der Waals surface area contributed by atoms with Crippen LogP contribution in [0.4, 0.5) is 18.9 Å². The molecule has 0 saturated carbocycles. The third kappa shape index (κ3) is 4.85. The number of hydrogen-bond acceptors (Lipinski definition) is 5. The number of thioether (sulfide) groups is 1. The highest BCUT2D eigenvalue weighted by atomic mass is 32.2. The van der Waals surface area contributed by atoms with Gasteiger partial charge in [-0.1, -0.05) is 18.2 Å². The number of carbonyl (C=O) groups is 1. The molecule has 1 N–H and O–H groups in total. The number of hydrazone groups is 1. The summed E-state index contributed by atoms with van der Waals surface area (Å²) in [5.41, 5.74) is 0.292. The number of rotatable bonds is 7. The summed E-state index contributed by atoms with van der Waals surface area (Å²) in [4.78, 5) is 12.3. The molecule has 0 aliphatic carbocycles. The monoisotopic (exact) mass is 397 g/mol. The molecular weight excluding hydrogens is 379 g/mol. The van der Waals surface area contributed by atoms with Gasteiger partial charge in [-0.3, -0.25) is 9.80 Å². The molecule has 0 bridgehead atoms. The topological polar surface area (TPSA) is 57.8 Å². The standard InChI is InChI=1S/C18H18F3N3O2S/c19-18(20,21)16-15(11-23-24(16)13-5-2-1-3-6-13)17(25)22-8-10-27-12-14-7-4-9-26-14/h1-7,9,11,15-16H,8,10,12H2,(H,22,25). The molecule has 9 heteroatoms. The molecule has 3 rings (SSSR count). The van der Waals surface area contributed by atoms with E-state index in [1.807, 2.05) is 6.07 Å². The minimum Gasteiger partial charge on any atom is -0.468 e. The van der Waals surface area contributed by atoms with Crippen molar-refractivity contribution in [3.8, 4) is 0 Å². The summed E-state index contributed by atoms with van der Waals surface area (Å²) in [7, 11) is 0. The first kappa shape index (κ1) is 19.3. The minimum atomic E-state index is -4.59. The van der Waals surface area contributed by atoms with Crippen LogP contribution in [-0.4, -0.2) is 36.6 Å². The van der Waals surface area contributed by atoms with Crippen molar-refractivity contribution in [3.63, 3.8) is 0 Å². The van der Waals surface area contributed by atoms with E-state index in [4.69, 9.17) is 4.42 Å². The van der Waals surface area contributed by atoms with Crippen molar-refractivity contribution >= 4 is 29.6 Å². The molecule has 2 aromatic rings. The Morgan fingerprint density at radius 1 is 1.22 bits per heavy atom. The normalized spacial score (nSPS) is 19.4. The highest BCUT2D eigenvalue weighted by molar-refractivity contribution is 7.98. The number of alkyl halides is 3. The van der Waals surface area contributed by atoms with Crippen molar-refractivity contribution in [2.75, 3.05) is 17.3 Å². The second-order valence-corrected chi connectivity index (χ2v) is 6.99. The Balaban J connectivity index is 1.56. The predicted molar refractivity (Wildman–Crippen MR) is 98.6 cm³/mol. The average Bonchev–Trinajstić information content (AvgIpc) is 3.31. The van der Waals surface area contributed by atoms with Crippen LogP contribution in [0.25, 0.3) is 0 Å². The van der Waals surface area contributed by atoms with Gasteiger partial charge in [0.05, 0.1) is 17.7 Å². The Hall–Kier alpha value is -2.42. The molecule has 1 aliphatic rings. The van der Waals surface area contributed by atoms with Crippen LogP contribution in [0.15, 0.2) is 58.2 Å². The quantitative estimate of drug-likeness (QED) is 0.724. The Labute approximate surface area is 158 Å². The Bertz CT molecular complexity index is 766. The summed E-state index contributed by atoms with van der Waals surface area (Å²) in [6.07, 6.45) is -1.95. The molecule has 2 unspecified atom stereocenters. The van der Waals surface area contributed by atoms with Gasteiger partial charge in [-0.15, -0.1) is 0 Å². The van der Waals surface area contributed by atoms with Crippen LogP contribution in [0, 0.1) is 5.92 Å². The van der Waals surface area contributed by atoms with Crippen molar-refractivity contribution in [2.24, 2.45) is 11.0 Å². The fourth-order valence-electron chi connectivity index (χ4n) is 2.74. The van der Waals surface area contributed by atoms with Crippen molar-refractivity contribution in [1.29, 1.82) is 0 Å². The van der Waals surface area contributed by atoms with E-state index in [1.54, 1.807) is 30.5 Å². The minimum absolute atomic E-state index is 0.268. The maximum Gasteiger partial charge on any atom is 0.412 e. The number of benzene rings is 1. The molecule has 0 fully saturated rings. The zero-order chi connectivity index (χ0) is 19.3. The first-order valence-electron chi connectivity index (χ1n) is 8.30. The zero-order valence-electron chi connectivity index (χ0n) is 14.2.